The van der Waals surface area contributed by atoms with Crippen molar-refractivity contribution in [2.24, 2.45) is 5.41 Å². The van der Waals surface area contributed by atoms with E-state index in [0.717, 1.165) is 40.8 Å². The largest absolute Gasteiger partial charge is 0.481 e. The molecule has 1 aliphatic carbocycles. The first kappa shape index (κ1) is 30.7. The van der Waals surface area contributed by atoms with Crippen molar-refractivity contribution in [1.82, 2.24) is 20.0 Å². The number of nitrogens with zero attached hydrogens (tertiary/aromatic N) is 3. The summed E-state index contributed by atoms with van der Waals surface area (Å²) in [6.45, 7) is 0.950. The molecular formula is C28H30Cl2F4N4O4. The molecule has 8 nitrogen and oxygen atoms in total. The van der Waals surface area contributed by atoms with Gasteiger partial charge in [0.1, 0.15) is 5.82 Å². The van der Waals surface area contributed by atoms with Gasteiger partial charge in [0.2, 0.25) is 0 Å². The summed E-state index contributed by atoms with van der Waals surface area (Å²) < 4.78 is 58.3. The van der Waals surface area contributed by atoms with Crippen LogP contribution in [0.1, 0.15) is 90.7 Å². The van der Waals surface area contributed by atoms with Gasteiger partial charge in [0, 0.05) is 18.1 Å². The van der Waals surface area contributed by atoms with Crippen LogP contribution in [-0.2, 0) is 11.0 Å². The molecule has 1 saturated carbocycles. The van der Waals surface area contributed by atoms with E-state index in [1.54, 1.807) is 6.92 Å². The third-order valence-electron chi connectivity index (χ3n) is 8.96. The monoisotopic (exact) mass is 632 g/mol. The number of piperidine rings is 1. The number of benzene rings is 1. The number of carboxylic acids is 1. The SMILES string of the molecule is CC1(C(=O)O)CCC(n2ncc(C(=O)N(CC(=O)c3c(Cl)cc(F)cc3Cl)C3CC4CCC(C3)N4)c2C(F)(F)F)CC1. The van der Waals surface area contributed by atoms with E-state index < -0.39 is 65.0 Å². The van der Waals surface area contributed by atoms with Crippen molar-refractivity contribution in [3.05, 3.63) is 51.0 Å². The smallest absolute Gasteiger partial charge is 0.433 e. The Morgan fingerprint density at radius 2 is 1.67 bits per heavy atom. The van der Waals surface area contributed by atoms with E-state index in [1.807, 2.05) is 0 Å². The second kappa shape index (κ2) is 11.4. The number of fused-ring (bicyclic) bond motifs is 2. The summed E-state index contributed by atoms with van der Waals surface area (Å²) in [5.74, 6) is -3.51. The van der Waals surface area contributed by atoms with Crippen LogP contribution < -0.4 is 5.32 Å². The van der Waals surface area contributed by atoms with Crippen molar-refractivity contribution < 1.29 is 37.1 Å². The third kappa shape index (κ3) is 5.90. The lowest BCUT2D eigenvalue weighted by molar-refractivity contribution is -0.152. The van der Waals surface area contributed by atoms with Crippen LogP contribution in [0, 0.1) is 11.2 Å². The molecule has 0 radical (unpaired) electrons. The molecule has 0 spiro atoms. The van der Waals surface area contributed by atoms with Crippen LogP contribution in [0.15, 0.2) is 18.3 Å². The zero-order valence-electron chi connectivity index (χ0n) is 22.7. The minimum absolute atomic E-state index is 0.0488. The average Bonchev–Trinajstić information content (AvgIpc) is 3.49. The van der Waals surface area contributed by atoms with Gasteiger partial charge in [-0.25, -0.2) is 4.39 Å². The normalized spacial score (nSPS) is 27.6. The van der Waals surface area contributed by atoms with Crippen molar-refractivity contribution in [3.8, 4) is 0 Å². The predicted octanol–water partition coefficient (Wildman–Crippen LogP) is 6.16. The molecule has 2 unspecified atom stereocenters. The standard InChI is InChI=1S/C28H30Cl2F4N4O4/c1-27(26(41)42)6-4-17(5-7-27)38-24(28(32,33)34)19(12-35-38)25(40)37(18-10-15-2-3-16(11-18)36-15)13-22(39)23-20(29)8-14(31)9-21(23)30/h8-9,12,15-18,36H,2-7,10-11,13H2,1H3,(H,41,42). The molecule has 2 aromatic rings. The number of carboxylic acid groups (broad SMARTS) is 1. The highest BCUT2D eigenvalue weighted by molar-refractivity contribution is 6.40. The number of aromatic nitrogens is 2. The number of rotatable bonds is 7. The summed E-state index contributed by atoms with van der Waals surface area (Å²) in [6, 6.07) is 0.609. The Morgan fingerprint density at radius 3 is 2.19 bits per heavy atom. The first-order valence-corrected chi connectivity index (χ1v) is 14.6. The van der Waals surface area contributed by atoms with Gasteiger partial charge < -0.3 is 15.3 Å². The summed E-state index contributed by atoms with van der Waals surface area (Å²) in [7, 11) is 0. The molecule has 3 fully saturated rings. The van der Waals surface area contributed by atoms with E-state index in [0.29, 0.717) is 12.8 Å². The van der Waals surface area contributed by atoms with Crippen LogP contribution in [-0.4, -0.2) is 62.1 Å². The van der Waals surface area contributed by atoms with Gasteiger partial charge in [-0.2, -0.15) is 18.3 Å². The van der Waals surface area contributed by atoms with E-state index >= 15 is 0 Å². The molecule has 2 N–H and O–H groups in total. The van der Waals surface area contributed by atoms with E-state index in [4.69, 9.17) is 23.2 Å². The van der Waals surface area contributed by atoms with E-state index in [1.165, 1.54) is 0 Å². The fourth-order valence-corrected chi connectivity index (χ4v) is 7.29. The average molecular weight is 633 g/mol. The Balaban J connectivity index is 1.50. The van der Waals surface area contributed by atoms with Gasteiger partial charge in [-0.1, -0.05) is 23.2 Å². The Bertz CT molecular complexity index is 1370. The Hall–Kier alpha value is -2.70. The first-order valence-electron chi connectivity index (χ1n) is 13.8. The Labute approximate surface area is 249 Å². The first-order chi connectivity index (χ1) is 19.7. The number of nitrogens with one attached hydrogen (secondary N) is 1. The van der Waals surface area contributed by atoms with Gasteiger partial charge in [0.15, 0.2) is 11.5 Å². The third-order valence-corrected chi connectivity index (χ3v) is 9.56. The van der Waals surface area contributed by atoms with Crippen LogP contribution in [0.2, 0.25) is 10.0 Å². The van der Waals surface area contributed by atoms with Crippen LogP contribution >= 0.6 is 23.2 Å². The number of ketones is 1. The van der Waals surface area contributed by atoms with Crippen LogP contribution in [0.25, 0.3) is 0 Å². The van der Waals surface area contributed by atoms with Gasteiger partial charge in [-0.05, 0) is 70.4 Å². The molecule has 1 aromatic heterocycles. The quantitative estimate of drug-likeness (QED) is 0.280. The van der Waals surface area contributed by atoms with Crippen molar-refractivity contribution in [2.45, 2.75) is 88.6 Å². The molecule has 228 valence electrons. The molecule has 2 atom stereocenters. The zero-order valence-corrected chi connectivity index (χ0v) is 24.2. The fraction of sp³-hybridized carbons (Fsp3) is 0.571. The number of carbonyl (C=O) groups is 3. The highest BCUT2D eigenvalue weighted by Crippen LogP contribution is 2.44. The van der Waals surface area contributed by atoms with Gasteiger partial charge in [0.05, 0.1) is 45.4 Å². The minimum atomic E-state index is -4.96. The summed E-state index contributed by atoms with van der Waals surface area (Å²) in [4.78, 5) is 40.2. The molecule has 1 amide bonds. The zero-order chi connectivity index (χ0) is 30.6. The van der Waals surface area contributed by atoms with E-state index in [9.17, 15) is 37.1 Å². The molecule has 3 heterocycles. The van der Waals surface area contributed by atoms with Crippen LogP contribution in [0.3, 0.4) is 0 Å². The molecule has 14 heteroatoms. The molecule has 2 aliphatic heterocycles. The van der Waals surface area contributed by atoms with Crippen molar-refractivity contribution in [2.75, 3.05) is 6.54 Å². The number of halogens is 6. The molecular weight excluding hydrogens is 603 g/mol. The van der Waals surface area contributed by atoms with Crippen molar-refractivity contribution in [1.29, 1.82) is 0 Å². The Morgan fingerprint density at radius 1 is 1.10 bits per heavy atom. The van der Waals surface area contributed by atoms with E-state index in [-0.39, 0.29) is 53.4 Å². The fourth-order valence-electron chi connectivity index (χ4n) is 6.62. The van der Waals surface area contributed by atoms with Crippen molar-refractivity contribution in [3.63, 3.8) is 0 Å². The molecule has 42 heavy (non-hydrogen) atoms. The summed E-state index contributed by atoms with van der Waals surface area (Å²) >= 11 is 12.2. The second-order valence-corrected chi connectivity index (χ2v) is 12.6. The molecule has 5 rings (SSSR count). The summed E-state index contributed by atoms with van der Waals surface area (Å²) in [5.41, 5.74) is -3.19. The Kier molecular flexibility index (Phi) is 8.36. The summed E-state index contributed by atoms with van der Waals surface area (Å²) in [6.07, 6.45) is -0.923. The van der Waals surface area contributed by atoms with Gasteiger partial charge in [0.25, 0.3) is 5.91 Å². The van der Waals surface area contributed by atoms with Gasteiger partial charge in [-0.15, -0.1) is 0 Å². The molecule has 2 saturated heterocycles. The predicted molar refractivity (Wildman–Crippen MR) is 145 cm³/mol. The number of hydrogen-bond acceptors (Lipinski definition) is 5. The lowest BCUT2D eigenvalue weighted by Gasteiger charge is -2.38. The highest BCUT2D eigenvalue weighted by atomic mass is 35.5. The molecule has 3 aliphatic rings. The number of Topliss-reactive ketones (excluding diaryl/α,β-unsaturated/α-hetero) is 1. The molecule has 2 bridgehead atoms. The molecule has 1 aromatic carbocycles. The second-order valence-electron chi connectivity index (χ2n) is 11.8. The van der Waals surface area contributed by atoms with Crippen molar-refractivity contribution >= 4 is 40.9 Å². The lowest BCUT2D eigenvalue weighted by atomic mass is 9.74. The lowest BCUT2D eigenvalue weighted by Crippen LogP contribution is -2.52. The van der Waals surface area contributed by atoms with Gasteiger partial charge >= 0.3 is 12.1 Å². The van der Waals surface area contributed by atoms with E-state index in [2.05, 4.69) is 10.4 Å². The number of amides is 1. The highest BCUT2D eigenvalue weighted by Gasteiger charge is 2.46. The number of aliphatic carboxylic acids is 1. The number of hydrogen-bond donors (Lipinski definition) is 2. The van der Waals surface area contributed by atoms with Crippen LogP contribution in [0.4, 0.5) is 17.6 Å². The summed E-state index contributed by atoms with van der Waals surface area (Å²) in [5, 5.41) is 16.4. The van der Waals surface area contributed by atoms with Crippen LogP contribution in [0.5, 0.6) is 0 Å². The number of alkyl halides is 3. The maximum absolute atomic E-state index is 14.6. The maximum atomic E-state index is 14.6. The maximum Gasteiger partial charge on any atom is 0.433 e. The number of carbonyl (C=O) groups excluding carboxylic acids is 2. The minimum Gasteiger partial charge on any atom is -0.481 e. The van der Waals surface area contributed by atoms with Gasteiger partial charge in [-0.3, -0.25) is 19.1 Å². The topological polar surface area (TPSA) is 105 Å².